The molecule has 130 valence electrons. The highest BCUT2D eigenvalue weighted by Gasteiger charge is 2.26. The van der Waals surface area contributed by atoms with Crippen LogP contribution in [0.2, 0.25) is 5.02 Å². The van der Waals surface area contributed by atoms with Crippen molar-refractivity contribution in [3.05, 3.63) is 28.8 Å². The fourth-order valence-corrected chi connectivity index (χ4v) is 4.54. The van der Waals surface area contributed by atoms with Crippen LogP contribution in [0.25, 0.3) is 0 Å². The molecule has 2 rings (SSSR count). The molecule has 1 heterocycles. The normalized spacial score (nSPS) is 23.4. The van der Waals surface area contributed by atoms with E-state index in [2.05, 4.69) is 4.90 Å². The van der Waals surface area contributed by atoms with Gasteiger partial charge >= 0.3 is 0 Å². The Kier molecular flexibility index (Phi) is 6.08. The third-order valence-corrected chi connectivity index (χ3v) is 6.54. The van der Waals surface area contributed by atoms with Crippen molar-refractivity contribution >= 4 is 21.6 Å². The number of halogens is 1. The number of sulfonamides is 1. The zero-order valence-electron chi connectivity index (χ0n) is 14.1. The average Bonchev–Trinajstić information content (AvgIpc) is 2.46. The van der Waals surface area contributed by atoms with Crippen LogP contribution in [0.5, 0.6) is 0 Å². The zero-order chi connectivity index (χ0) is 17.2. The Morgan fingerprint density at radius 2 is 1.91 bits per heavy atom. The van der Waals surface area contributed by atoms with Crippen LogP contribution in [0.3, 0.4) is 0 Å². The third-order valence-electron chi connectivity index (χ3n) is 4.13. The number of ether oxygens (including phenoxy) is 1. The minimum Gasteiger partial charge on any atom is -0.373 e. The number of hydrogen-bond donors (Lipinski definition) is 0. The number of rotatable bonds is 5. The monoisotopic (exact) mass is 360 g/mol. The smallest absolute Gasteiger partial charge is 0.243 e. The Bertz CT molecular complexity index is 641. The molecule has 5 nitrogen and oxygen atoms in total. The van der Waals surface area contributed by atoms with E-state index in [1.807, 2.05) is 13.8 Å². The van der Waals surface area contributed by atoms with E-state index in [1.54, 1.807) is 32.2 Å². The van der Waals surface area contributed by atoms with E-state index in [4.69, 9.17) is 16.3 Å². The van der Waals surface area contributed by atoms with Crippen molar-refractivity contribution in [3.8, 4) is 0 Å². The molecule has 23 heavy (non-hydrogen) atoms. The largest absolute Gasteiger partial charge is 0.373 e. The van der Waals surface area contributed by atoms with Crippen molar-refractivity contribution in [1.29, 1.82) is 0 Å². The Balaban J connectivity index is 2.04. The summed E-state index contributed by atoms with van der Waals surface area (Å²) in [5.41, 5.74) is 0.592. The summed E-state index contributed by atoms with van der Waals surface area (Å²) >= 11 is 6.05. The average molecular weight is 361 g/mol. The Hall–Kier alpha value is -0.660. The number of nitrogens with zero attached hydrogens (tertiary/aromatic N) is 2. The van der Waals surface area contributed by atoms with Gasteiger partial charge in [-0.25, -0.2) is 8.42 Å². The van der Waals surface area contributed by atoms with E-state index < -0.39 is 10.0 Å². The molecular formula is C16H25ClN2O3S. The first-order chi connectivity index (χ1) is 10.7. The van der Waals surface area contributed by atoms with Crippen LogP contribution in [-0.2, 0) is 14.8 Å². The van der Waals surface area contributed by atoms with Crippen LogP contribution >= 0.6 is 11.6 Å². The van der Waals surface area contributed by atoms with Gasteiger partial charge in [0.15, 0.2) is 0 Å². The second kappa shape index (κ2) is 7.49. The molecule has 1 aliphatic heterocycles. The van der Waals surface area contributed by atoms with Crippen molar-refractivity contribution in [2.45, 2.75) is 37.9 Å². The third kappa shape index (κ3) is 4.45. The van der Waals surface area contributed by atoms with Crippen LogP contribution in [0.1, 0.15) is 19.4 Å². The lowest BCUT2D eigenvalue weighted by Crippen LogP contribution is -2.48. The minimum atomic E-state index is -3.53. The summed E-state index contributed by atoms with van der Waals surface area (Å²) in [6.45, 7) is 8.59. The maximum Gasteiger partial charge on any atom is 0.243 e. The van der Waals surface area contributed by atoms with Gasteiger partial charge in [0, 0.05) is 38.2 Å². The highest BCUT2D eigenvalue weighted by molar-refractivity contribution is 7.89. The van der Waals surface area contributed by atoms with Gasteiger partial charge in [0.2, 0.25) is 10.0 Å². The van der Waals surface area contributed by atoms with Crippen molar-refractivity contribution in [2.24, 2.45) is 0 Å². The minimum absolute atomic E-state index is 0.177. The topological polar surface area (TPSA) is 49.9 Å². The second-order valence-electron chi connectivity index (χ2n) is 6.21. The predicted octanol–water partition coefficient (Wildman–Crippen LogP) is 2.38. The van der Waals surface area contributed by atoms with E-state index >= 15 is 0 Å². The van der Waals surface area contributed by atoms with E-state index in [0.717, 1.165) is 13.1 Å². The van der Waals surface area contributed by atoms with Gasteiger partial charge in [0.25, 0.3) is 0 Å². The maximum absolute atomic E-state index is 12.7. The van der Waals surface area contributed by atoms with Gasteiger partial charge in [-0.05, 0) is 38.5 Å². The van der Waals surface area contributed by atoms with Crippen molar-refractivity contribution in [1.82, 2.24) is 9.21 Å². The van der Waals surface area contributed by atoms with E-state index in [9.17, 15) is 8.42 Å². The first-order valence-electron chi connectivity index (χ1n) is 7.81. The standard InChI is InChI=1S/C16H25ClN2O3S/c1-12-10-19(11-13(2)22-12)9-8-18(4)23(20,21)16-7-5-6-15(17)14(16)3/h5-7,12-13H,8-11H2,1-4H3/t12-,13+. The summed E-state index contributed by atoms with van der Waals surface area (Å²) in [4.78, 5) is 2.52. The van der Waals surface area contributed by atoms with E-state index in [0.29, 0.717) is 23.7 Å². The van der Waals surface area contributed by atoms with Crippen molar-refractivity contribution in [2.75, 3.05) is 33.2 Å². The summed E-state index contributed by atoms with van der Waals surface area (Å²) < 4.78 is 32.6. The van der Waals surface area contributed by atoms with E-state index in [-0.39, 0.29) is 17.1 Å². The number of likely N-dealkylation sites (N-methyl/N-ethyl adjacent to an activating group) is 1. The van der Waals surface area contributed by atoms with Gasteiger partial charge in [0.1, 0.15) is 0 Å². The summed E-state index contributed by atoms with van der Waals surface area (Å²) in [7, 11) is -1.91. The fraction of sp³-hybridized carbons (Fsp3) is 0.625. The predicted molar refractivity (Wildman–Crippen MR) is 92.5 cm³/mol. The van der Waals surface area contributed by atoms with Crippen molar-refractivity contribution in [3.63, 3.8) is 0 Å². The molecule has 2 atom stereocenters. The van der Waals surface area contributed by atoms with Crippen LogP contribution in [0, 0.1) is 6.92 Å². The molecule has 1 aromatic carbocycles. The van der Waals surface area contributed by atoms with Gasteiger partial charge < -0.3 is 4.74 Å². The SMILES string of the molecule is Cc1c(Cl)cccc1S(=O)(=O)N(C)CCN1C[C@@H](C)O[C@@H](C)C1. The highest BCUT2D eigenvalue weighted by Crippen LogP contribution is 2.25. The molecule has 1 aromatic rings. The molecule has 1 aliphatic rings. The molecule has 0 aromatic heterocycles. The summed E-state index contributed by atoms with van der Waals surface area (Å²) in [5.74, 6) is 0. The van der Waals surface area contributed by atoms with E-state index in [1.165, 1.54) is 4.31 Å². The number of hydrogen-bond acceptors (Lipinski definition) is 4. The first-order valence-corrected chi connectivity index (χ1v) is 9.63. The van der Waals surface area contributed by atoms with Gasteiger partial charge in [-0.15, -0.1) is 0 Å². The lowest BCUT2D eigenvalue weighted by molar-refractivity contribution is -0.0681. The van der Waals surface area contributed by atoms with Gasteiger partial charge in [0.05, 0.1) is 17.1 Å². The maximum atomic E-state index is 12.7. The quantitative estimate of drug-likeness (QED) is 0.809. The number of morpholine rings is 1. The molecular weight excluding hydrogens is 336 g/mol. The Morgan fingerprint density at radius 3 is 2.52 bits per heavy atom. The van der Waals surface area contributed by atoms with Crippen LogP contribution < -0.4 is 0 Å². The molecule has 0 spiro atoms. The molecule has 0 aliphatic carbocycles. The van der Waals surface area contributed by atoms with Gasteiger partial charge in [-0.1, -0.05) is 17.7 Å². The van der Waals surface area contributed by atoms with Crippen LogP contribution in [0.15, 0.2) is 23.1 Å². The summed E-state index contributed by atoms with van der Waals surface area (Å²) in [6.07, 6.45) is 0.353. The zero-order valence-corrected chi connectivity index (χ0v) is 15.7. The van der Waals surface area contributed by atoms with Gasteiger partial charge in [-0.3, -0.25) is 4.90 Å². The Morgan fingerprint density at radius 1 is 1.30 bits per heavy atom. The first kappa shape index (κ1) is 18.7. The summed E-state index contributed by atoms with van der Waals surface area (Å²) in [5, 5.41) is 0.468. The molecule has 0 amide bonds. The lowest BCUT2D eigenvalue weighted by Gasteiger charge is -2.36. The fourth-order valence-electron chi connectivity index (χ4n) is 2.90. The van der Waals surface area contributed by atoms with Crippen molar-refractivity contribution < 1.29 is 13.2 Å². The van der Waals surface area contributed by atoms with Crippen LogP contribution in [0.4, 0.5) is 0 Å². The molecule has 7 heteroatoms. The number of benzene rings is 1. The summed E-state index contributed by atoms with van der Waals surface area (Å²) in [6, 6.07) is 4.97. The highest BCUT2D eigenvalue weighted by atomic mass is 35.5. The lowest BCUT2D eigenvalue weighted by atomic mass is 10.2. The second-order valence-corrected chi connectivity index (χ2v) is 8.63. The molecule has 0 radical (unpaired) electrons. The molecule has 1 fully saturated rings. The van der Waals surface area contributed by atoms with Gasteiger partial charge in [-0.2, -0.15) is 4.31 Å². The molecule has 0 bridgehead atoms. The van der Waals surface area contributed by atoms with Crippen LogP contribution in [-0.4, -0.2) is 63.1 Å². The Labute approximate surface area is 144 Å². The molecule has 1 saturated heterocycles. The molecule has 0 unspecified atom stereocenters. The molecule has 0 saturated carbocycles. The molecule has 0 N–H and O–H groups in total.